The van der Waals surface area contributed by atoms with Crippen LogP contribution in [0.5, 0.6) is 5.88 Å². The van der Waals surface area contributed by atoms with Crippen molar-refractivity contribution in [3.63, 3.8) is 0 Å². The van der Waals surface area contributed by atoms with E-state index in [0.717, 1.165) is 11.1 Å². The lowest BCUT2D eigenvalue weighted by Gasteiger charge is -2.23. The number of pyridine rings is 1. The lowest BCUT2D eigenvalue weighted by Crippen LogP contribution is -2.44. The molecule has 0 fully saturated rings. The predicted octanol–water partition coefficient (Wildman–Crippen LogP) is 1.79. The summed E-state index contributed by atoms with van der Waals surface area (Å²) in [6.45, 7) is 7.71. The van der Waals surface area contributed by atoms with E-state index in [1.165, 1.54) is 0 Å². The van der Waals surface area contributed by atoms with Crippen LogP contribution < -0.4 is 15.8 Å². The smallest absolute Gasteiger partial charge is 0.407 e. The summed E-state index contributed by atoms with van der Waals surface area (Å²) in [4.78, 5) is 16.0. The molecule has 0 bridgehead atoms. The van der Waals surface area contributed by atoms with Crippen LogP contribution >= 0.6 is 0 Å². The number of nitrogens with zero attached hydrogens (tertiary/aromatic N) is 1. The number of hydrogen-bond acceptors (Lipinski definition) is 5. The summed E-state index contributed by atoms with van der Waals surface area (Å²) >= 11 is 0. The zero-order valence-electron chi connectivity index (χ0n) is 13.4. The Bertz CT molecular complexity index is 484. The Labute approximate surface area is 126 Å². The number of alkyl carbamates (subject to hydrolysis) is 1. The summed E-state index contributed by atoms with van der Waals surface area (Å²) in [5, 5.41) is 2.77. The first-order chi connectivity index (χ1) is 9.75. The molecule has 21 heavy (non-hydrogen) atoms. The van der Waals surface area contributed by atoms with E-state index in [2.05, 4.69) is 10.3 Å². The second-order valence-electron chi connectivity index (χ2n) is 5.95. The molecule has 0 aliphatic rings. The minimum Gasteiger partial charge on any atom is -0.481 e. The Morgan fingerprint density at radius 1 is 1.48 bits per heavy atom. The summed E-state index contributed by atoms with van der Waals surface area (Å²) < 4.78 is 10.4. The quantitative estimate of drug-likeness (QED) is 0.865. The Morgan fingerprint density at radius 2 is 2.14 bits per heavy atom. The third kappa shape index (κ3) is 5.99. The number of carbonyl (C=O) groups excluding carboxylic acids is 1. The van der Waals surface area contributed by atoms with E-state index in [1.807, 2.05) is 33.8 Å². The summed E-state index contributed by atoms with van der Waals surface area (Å²) in [6, 6.07) is 1.78. The molecule has 3 N–H and O–H groups in total. The monoisotopic (exact) mass is 295 g/mol. The van der Waals surface area contributed by atoms with Crippen LogP contribution in [0.25, 0.3) is 0 Å². The fourth-order valence-electron chi connectivity index (χ4n) is 1.90. The van der Waals surface area contributed by atoms with E-state index in [0.29, 0.717) is 18.8 Å². The van der Waals surface area contributed by atoms with Gasteiger partial charge < -0.3 is 20.5 Å². The van der Waals surface area contributed by atoms with Crippen LogP contribution in [0.3, 0.4) is 0 Å². The number of hydrogen-bond donors (Lipinski definition) is 2. The number of nitrogens with two attached hydrogens (primary N) is 1. The molecule has 1 aromatic heterocycles. The van der Waals surface area contributed by atoms with Gasteiger partial charge in [0.25, 0.3) is 0 Å². The first-order valence-corrected chi connectivity index (χ1v) is 6.94. The predicted molar refractivity (Wildman–Crippen MR) is 81.4 cm³/mol. The maximum Gasteiger partial charge on any atom is 0.407 e. The average Bonchev–Trinajstić information content (AvgIpc) is 2.36. The van der Waals surface area contributed by atoms with Gasteiger partial charge in [-0.15, -0.1) is 0 Å². The van der Waals surface area contributed by atoms with E-state index in [9.17, 15) is 4.79 Å². The minimum atomic E-state index is -0.526. The van der Waals surface area contributed by atoms with Crippen molar-refractivity contribution in [3.8, 4) is 5.88 Å². The molecule has 1 rings (SSSR count). The molecule has 118 valence electrons. The molecular formula is C15H25N3O3. The molecule has 0 radical (unpaired) electrons. The van der Waals surface area contributed by atoms with Crippen LogP contribution in [0.15, 0.2) is 12.3 Å². The highest BCUT2D eigenvalue weighted by Crippen LogP contribution is 2.15. The maximum atomic E-state index is 11.8. The summed E-state index contributed by atoms with van der Waals surface area (Å²) in [6.07, 6.45) is 1.86. The molecule has 1 heterocycles. The molecule has 1 amide bonds. The zero-order chi connectivity index (χ0) is 16.0. The third-order valence-electron chi connectivity index (χ3n) is 2.77. The number of nitrogens with one attached hydrogen (secondary N) is 1. The Morgan fingerprint density at radius 3 is 2.62 bits per heavy atom. The van der Waals surface area contributed by atoms with Crippen LogP contribution in [-0.4, -0.2) is 36.4 Å². The van der Waals surface area contributed by atoms with Crippen molar-refractivity contribution in [1.29, 1.82) is 0 Å². The molecule has 1 aromatic rings. The molecule has 1 atom stereocenters. The minimum absolute atomic E-state index is 0.200. The Kier molecular flexibility index (Phi) is 5.96. The molecule has 0 aromatic carbocycles. The van der Waals surface area contributed by atoms with E-state index in [-0.39, 0.29) is 6.04 Å². The Hall–Kier alpha value is -1.82. The number of ether oxygens (including phenoxy) is 2. The van der Waals surface area contributed by atoms with E-state index in [4.69, 9.17) is 15.2 Å². The number of carbonyl (C=O) groups is 1. The van der Waals surface area contributed by atoms with Crippen LogP contribution in [0.1, 0.15) is 31.9 Å². The average molecular weight is 295 g/mol. The second-order valence-corrected chi connectivity index (χ2v) is 5.95. The number of rotatable bonds is 5. The number of methoxy groups -OCH3 is 1. The van der Waals surface area contributed by atoms with Gasteiger partial charge in [-0.2, -0.15) is 0 Å². The highest BCUT2D eigenvalue weighted by molar-refractivity contribution is 5.68. The number of aryl methyl sites for hydroxylation is 1. The number of aromatic nitrogens is 1. The Balaban J connectivity index is 2.66. The van der Waals surface area contributed by atoms with E-state index < -0.39 is 11.7 Å². The van der Waals surface area contributed by atoms with Gasteiger partial charge >= 0.3 is 6.09 Å². The van der Waals surface area contributed by atoms with Crippen molar-refractivity contribution in [3.05, 3.63) is 23.4 Å². The molecule has 6 nitrogen and oxygen atoms in total. The molecule has 0 saturated heterocycles. The highest BCUT2D eigenvalue weighted by atomic mass is 16.6. The summed E-state index contributed by atoms with van der Waals surface area (Å²) in [5.41, 5.74) is 7.12. The molecule has 0 aliphatic carbocycles. The third-order valence-corrected chi connectivity index (χ3v) is 2.77. The van der Waals surface area contributed by atoms with Crippen LogP contribution in [0.4, 0.5) is 4.79 Å². The van der Waals surface area contributed by atoms with Crippen molar-refractivity contribution < 1.29 is 14.3 Å². The fourth-order valence-corrected chi connectivity index (χ4v) is 1.90. The van der Waals surface area contributed by atoms with Crippen molar-refractivity contribution in [2.24, 2.45) is 5.73 Å². The second kappa shape index (κ2) is 7.26. The lowest BCUT2D eigenvalue weighted by atomic mass is 10.1. The van der Waals surface area contributed by atoms with Crippen LogP contribution in [0.2, 0.25) is 0 Å². The molecule has 1 unspecified atom stereocenters. The van der Waals surface area contributed by atoms with Crippen molar-refractivity contribution in [1.82, 2.24) is 10.3 Å². The molecule has 0 aliphatic heterocycles. The van der Waals surface area contributed by atoms with E-state index in [1.54, 1.807) is 13.3 Å². The van der Waals surface area contributed by atoms with Gasteiger partial charge in [0.15, 0.2) is 0 Å². The first kappa shape index (κ1) is 17.2. The lowest BCUT2D eigenvalue weighted by molar-refractivity contribution is 0.0506. The summed E-state index contributed by atoms with van der Waals surface area (Å²) in [5.74, 6) is 0.600. The normalized spacial score (nSPS) is 12.7. The molecule has 6 heteroatoms. The number of amides is 1. The molecule has 0 spiro atoms. The van der Waals surface area contributed by atoms with Gasteiger partial charge in [0.05, 0.1) is 7.11 Å². The maximum absolute atomic E-state index is 11.8. The largest absolute Gasteiger partial charge is 0.481 e. The van der Waals surface area contributed by atoms with Crippen molar-refractivity contribution in [2.75, 3.05) is 13.7 Å². The summed E-state index contributed by atoms with van der Waals surface area (Å²) in [7, 11) is 1.59. The van der Waals surface area contributed by atoms with Crippen molar-refractivity contribution >= 4 is 6.09 Å². The van der Waals surface area contributed by atoms with Crippen molar-refractivity contribution in [2.45, 2.75) is 45.8 Å². The fraction of sp³-hybridized carbons (Fsp3) is 0.600. The van der Waals surface area contributed by atoms with Gasteiger partial charge in [-0.3, -0.25) is 0 Å². The van der Waals surface area contributed by atoms with Gasteiger partial charge in [-0.25, -0.2) is 9.78 Å². The SMILES string of the molecule is COc1ncc(CC(CN)NC(=O)OC(C)(C)C)cc1C. The van der Waals surface area contributed by atoms with Gasteiger partial charge in [-0.1, -0.05) is 0 Å². The van der Waals surface area contributed by atoms with Gasteiger partial charge in [0, 0.05) is 24.3 Å². The van der Waals surface area contributed by atoms with Gasteiger partial charge in [0.2, 0.25) is 5.88 Å². The topological polar surface area (TPSA) is 86.5 Å². The van der Waals surface area contributed by atoms with Gasteiger partial charge in [0.1, 0.15) is 5.60 Å². The first-order valence-electron chi connectivity index (χ1n) is 6.94. The molecule has 0 saturated carbocycles. The highest BCUT2D eigenvalue weighted by Gasteiger charge is 2.19. The standard InChI is InChI=1S/C15H25N3O3/c1-10-6-11(9-17-13(10)20-5)7-12(8-16)18-14(19)21-15(2,3)4/h6,9,12H,7-8,16H2,1-5H3,(H,18,19). The van der Waals surface area contributed by atoms with Crippen LogP contribution in [-0.2, 0) is 11.2 Å². The molecular weight excluding hydrogens is 270 g/mol. The van der Waals surface area contributed by atoms with Crippen LogP contribution in [0, 0.1) is 6.92 Å². The zero-order valence-corrected chi connectivity index (χ0v) is 13.4. The van der Waals surface area contributed by atoms with E-state index >= 15 is 0 Å². The van der Waals surface area contributed by atoms with Gasteiger partial charge in [-0.05, 0) is 45.7 Å².